The third-order valence-electron chi connectivity index (χ3n) is 3.57. The van der Waals surface area contributed by atoms with Gasteiger partial charge in [-0.25, -0.2) is 0 Å². The highest BCUT2D eigenvalue weighted by atomic mass is 16.5. The van der Waals surface area contributed by atoms with Crippen LogP contribution in [0, 0.1) is 0 Å². The summed E-state index contributed by atoms with van der Waals surface area (Å²) in [6.07, 6.45) is 0.805. The summed E-state index contributed by atoms with van der Waals surface area (Å²) in [4.78, 5) is 25.1. The first-order chi connectivity index (χ1) is 10.5. The summed E-state index contributed by atoms with van der Waals surface area (Å²) in [6, 6.07) is 7.49. The van der Waals surface area contributed by atoms with Crippen molar-refractivity contribution in [3.8, 4) is 5.75 Å². The summed E-state index contributed by atoms with van der Waals surface area (Å²) >= 11 is 0. The van der Waals surface area contributed by atoms with Gasteiger partial charge in [-0.05, 0) is 18.6 Å². The van der Waals surface area contributed by atoms with Crippen LogP contribution in [0.4, 0.5) is 0 Å². The van der Waals surface area contributed by atoms with E-state index >= 15 is 0 Å². The van der Waals surface area contributed by atoms with Gasteiger partial charge < -0.3 is 20.1 Å². The molecule has 2 rings (SSSR count). The van der Waals surface area contributed by atoms with E-state index in [2.05, 4.69) is 0 Å². The number of carbonyl (C=O) groups excluding carboxylic acids is 2. The number of hydrogen-bond acceptors (Lipinski definition) is 4. The molecule has 0 unspecified atom stereocenters. The summed E-state index contributed by atoms with van der Waals surface area (Å²) < 4.78 is 10.5. The number of amides is 2. The van der Waals surface area contributed by atoms with Crippen LogP contribution in [-0.4, -0.2) is 49.6 Å². The molecule has 6 heteroatoms. The van der Waals surface area contributed by atoms with Gasteiger partial charge >= 0.3 is 0 Å². The highest BCUT2D eigenvalue weighted by Crippen LogP contribution is 2.25. The molecule has 1 aliphatic rings. The number of rotatable bonds is 4. The second-order valence-electron chi connectivity index (χ2n) is 5.07. The molecule has 118 valence electrons. The number of hydrogen-bond donors (Lipinski definition) is 1. The second kappa shape index (κ2) is 7.09. The molecule has 1 saturated heterocycles. The molecule has 1 aromatic carbocycles. The summed E-state index contributed by atoms with van der Waals surface area (Å²) in [5.74, 6) is -0.0121. The van der Waals surface area contributed by atoms with Crippen molar-refractivity contribution in [2.24, 2.45) is 5.73 Å². The number of para-hydroxylation sites is 1. The van der Waals surface area contributed by atoms with Crippen LogP contribution in [0.5, 0.6) is 5.75 Å². The zero-order chi connectivity index (χ0) is 16.1. The van der Waals surface area contributed by atoms with Crippen molar-refractivity contribution in [2.45, 2.75) is 13.0 Å². The Morgan fingerprint density at radius 2 is 2.14 bits per heavy atom. The molecule has 0 saturated carbocycles. The molecule has 0 aromatic heterocycles. The van der Waals surface area contributed by atoms with Gasteiger partial charge in [-0.1, -0.05) is 18.2 Å². The normalized spacial score (nSPS) is 18.9. The van der Waals surface area contributed by atoms with Gasteiger partial charge in [-0.15, -0.1) is 0 Å². The summed E-state index contributed by atoms with van der Waals surface area (Å²) in [6.45, 7) is 2.78. The van der Waals surface area contributed by atoms with Gasteiger partial charge in [0.1, 0.15) is 5.75 Å². The number of nitrogens with zero attached hydrogens (tertiary/aromatic N) is 1. The van der Waals surface area contributed by atoms with E-state index in [-0.39, 0.29) is 12.5 Å². The van der Waals surface area contributed by atoms with Crippen LogP contribution in [0.2, 0.25) is 0 Å². The SMILES string of the molecule is COc1ccccc1/C(C)=C\C(=O)N1CCO[C@H](C(N)=O)C1. The molecule has 1 atom stereocenters. The molecular weight excluding hydrogens is 284 g/mol. The van der Waals surface area contributed by atoms with Crippen molar-refractivity contribution in [3.63, 3.8) is 0 Å². The maximum absolute atomic E-state index is 12.4. The number of methoxy groups -OCH3 is 1. The van der Waals surface area contributed by atoms with Crippen LogP contribution >= 0.6 is 0 Å². The number of ether oxygens (including phenoxy) is 2. The maximum atomic E-state index is 12.4. The van der Waals surface area contributed by atoms with Crippen molar-refractivity contribution >= 4 is 17.4 Å². The van der Waals surface area contributed by atoms with Crippen molar-refractivity contribution in [1.29, 1.82) is 0 Å². The zero-order valence-electron chi connectivity index (χ0n) is 12.7. The van der Waals surface area contributed by atoms with Crippen molar-refractivity contribution in [3.05, 3.63) is 35.9 Å². The molecule has 1 heterocycles. The van der Waals surface area contributed by atoms with Gasteiger partial charge in [0.05, 0.1) is 20.3 Å². The van der Waals surface area contributed by atoms with Gasteiger partial charge in [-0.2, -0.15) is 0 Å². The average Bonchev–Trinajstić information content (AvgIpc) is 2.54. The number of carbonyl (C=O) groups is 2. The molecule has 1 aliphatic heterocycles. The Hall–Kier alpha value is -2.34. The number of allylic oxidation sites excluding steroid dienone is 1. The van der Waals surface area contributed by atoms with E-state index in [1.54, 1.807) is 18.1 Å². The fourth-order valence-corrected chi connectivity index (χ4v) is 2.35. The molecule has 22 heavy (non-hydrogen) atoms. The van der Waals surface area contributed by atoms with Gasteiger partial charge in [-0.3, -0.25) is 9.59 Å². The van der Waals surface area contributed by atoms with Crippen LogP contribution in [-0.2, 0) is 14.3 Å². The molecule has 0 bridgehead atoms. The highest BCUT2D eigenvalue weighted by molar-refractivity contribution is 5.96. The van der Waals surface area contributed by atoms with Gasteiger partial charge in [0.15, 0.2) is 6.10 Å². The first-order valence-corrected chi connectivity index (χ1v) is 7.04. The molecular formula is C16H20N2O4. The molecule has 6 nitrogen and oxygen atoms in total. The Kier molecular flexibility index (Phi) is 5.16. The summed E-state index contributed by atoms with van der Waals surface area (Å²) in [7, 11) is 1.59. The monoisotopic (exact) mass is 304 g/mol. The minimum atomic E-state index is -0.738. The lowest BCUT2D eigenvalue weighted by Gasteiger charge is -2.30. The van der Waals surface area contributed by atoms with Gasteiger partial charge in [0.2, 0.25) is 11.8 Å². The lowest BCUT2D eigenvalue weighted by Crippen LogP contribution is -2.50. The standard InChI is InChI=1S/C16H20N2O4/c1-11(12-5-3-4-6-13(12)21-2)9-15(19)18-7-8-22-14(10-18)16(17)20/h3-6,9,14H,7-8,10H2,1-2H3,(H2,17,20)/b11-9-/t14-/m0/s1. The van der Waals surface area contributed by atoms with Crippen LogP contribution in [0.3, 0.4) is 0 Å². The molecule has 1 fully saturated rings. The van der Waals surface area contributed by atoms with E-state index in [1.807, 2.05) is 31.2 Å². The quantitative estimate of drug-likeness (QED) is 0.835. The van der Waals surface area contributed by atoms with Gasteiger partial charge in [0, 0.05) is 18.2 Å². The Morgan fingerprint density at radius 3 is 2.82 bits per heavy atom. The van der Waals surface area contributed by atoms with E-state index in [0.717, 1.165) is 11.1 Å². The average molecular weight is 304 g/mol. The molecule has 1 aromatic rings. The van der Waals surface area contributed by atoms with Crippen molar-refractivity contribution in [2.75, 3.05) is 26.8 Å². The number of morpholine rings is 1. The van der Waals surface area contributed by atoms with Gasteiger partial charge in [0.25, 0.3) is 0 Å². The van der Waals surface area contributed by atoms with E-state index in [0.29, 0.717) is 18.9 Å². The maximum Gasteiger partial charge on any atom is 0.248 e. The predicted octanol–water partition coefficient (Wildman–Crippen LogP) is 0.811. The van der Waals surface area contributed by atoms with Crippen molar-refractivity contribution < 1.29 is 19.1 Å². The van der Waals surface area contributed by atoms with Crippen LogP contribution in [0.15, 0.2) is 30.3 Å². The zero-order valence-corrected chi connectivity index (χ0v) is 12.7. The van der Waals surface area contributed by atoms with Crippen LogP contribution < -0.4 is 10.5 Å². The molecule has 2 N–H and O–H groups in total. The van der Waals surface area contributed by atoms with E-state index in [1.165, 1.54) is 0 Å². The largest absolute Gasteiger partial charge is 0.496 e. The fourth-order valence-electron chi connectivity index (χ4n) is 2.35. The summed E-state index contributed by atoms with van der Waals surface area (Å²) in [5, 5.41) is 0. The Morgan fingerprint density at radius 1 is 1.41 bits per heavy atom. The first kappa shape index (κ1) is 16.0. The predicted molar refractivity (Wildman–Crippen MR) is 82.2 cm³/mol. The summed E-state index contributed by atoms with van der Waals surface area (Å²) in [5.41, 5.74) is 6.88. The number of primary amides is 1. The Balaban J connectivity index is 2.14. The van der Waals surface area contributed by atoms with Crippen molar-refractivity contribution in [1.82, 2.24) is 4.90 Å². The first-order valence-electron chi connectivity index (χ1n) is 7.04. The fraction of sp³-hybridized carbons (Fsp3) is 0.375. The Labute approximate surface area is 129 Å². The minimum absolute atomic E-state index is 0.169. The molecule has 2 amide bonds. The smallest absolute Gasteiger partial charge is 0.248 e. The lowest BCUT2D eigenvalue weighted by molar-refractivity contribution is -0.142. The minimum Gasteiger partial charge on any atom is -0.496 e. The third-order valence-corrected chi connectivity index (χ3v) is 3.57. The number of nitrogens with two attached hydrogens (primary N) is 1. The highest BCUT2D eigenvalue weighted by Gasteiger charge is 2.27. The van der Waals surface area contributed by atoms with E-state index < -0.39 is 12.0 Å². The van der Waals surface area contributed by atoms with Crippen LogP contribution in [0.25, 0.3) is 5.57 Å². The molecule has 0 radical (unpaired) electrons. The van der Waals surface area contributed by atoms with E-state index in [9.17, 15) is 9.59 Å². The second-order valence-corrected chi connectivity index (χ2v) is 5.07. The molecule has 0 aliphatic carbocycles. The van der Waals surface area contributed by atoms with E-state index in [4.69, 9.17) is 15.2 Å². The third kappa shape index (κ3) is 3.65. The lowest BCUT2D eigenvalue weighted by atomic mass is 10.1. The Bertz CT molecular complexity index is 598. The molecule has 0 spiro atoms. The van der Waals surface area contributed by atoms with Crippen LogP contribution in [0.1, 0.15) is 12.5 Å². The number of benzene rings is 1. The topological polar surface area (TPSA) is 81.9 Å².